The van der Waals surface area contributed by atoms with Gasteiger partial charge in [0.25, 0.3) is 0 Å². The number of nitrogens with zero attached hydrogens (tertiary/aromatic N) is 2. The number of pyridine rings is 1. The molecule has 1 aromatic rings. The third kappa shape index (κ3) is 3.64. The lowest BCUT2D eigenvalue weighted by Crippen LogP contribution is -2.21. The Labute approximate surface area is 101 Å². The minimum Gasteiger partial charge on any atom is -0.503 e. The summed E-state index contributed by atoms with van der Waals surface area (Å²) >= 11 is 0. The first-order valence-corrected chi connectivity index (χ1v) is 4.47. The maximum Gasteiger partial charge on any atom is 0.573 e. The molecule has 0 atom stereocenters. The van der Waals surface area contributed by atoms with Crippen molar-refractivity contribution in [1.82, 2.24) is 4.98 Å². The zero-order chi connectivity index (χ0) is 14.8. The zero-order valence-corrected chi connectivity index (χ0v) is 8.80. The minimum absolute atomic E-state index is 0.0630. The van der Waals surface area contributed by atoms with Crippen molar-refractivity contribution in [1.29, 1.82) is 5.26 Å². The van der Waals surface area contributed by atoms with Crippen molar-refractivity contribution in [2.45, 2.75) is 19.0 Å². The molecular weight excluding hydrogens is 282 g/mol. The number of alkyl halides is 6. The van der Waals surface area contributed by atoms with Crippen molar-refractivity contribution in [3.63, 3.8) is 0 Å². The second-order valence-corrected chi connectivity index (χ2v) is 3.18. The Morgan fingerprint density at radius 3 is 2.26 bits per heavy atom. The van der Waals surface area contributed by atoms with Crippen molar-refractivity contribution in [2.24, 2.45) is 0 Å². The van der Waals surface area contributed by atoms with E-state index in [0.717, 1.165) is 0 Å². The summed E-state index contributed by atoms with van der Waals surface area (Å²) < 4.78 is 76.6. The van der Waals surface area contributed by atoms with Gasteiger partial charge in [-0.05, 0) is 0 Å². The summed E-state index contributed by atoms with van der Waals surface area (Å²) in [5.41, 5.74) is -2.53. The van der Waals surface area contributed by atoms with E-state index in [1.165, 1.54) is 6.07 Å². The van der Waals surface area contributed by atoms with E-state index in [-0.39, 0.29) is 6.20 Å². The molecule has 1 heterocycles. The maximum atomic E-state index is 12.5. The van der Waals surface area contributed by atoms with Crippen LogP contribution < -0.4 is 4.74 Å². The van der Waals surface area contributed by atoms with Gasteiger partial charge in [0.05, 0.1) is 18.2 Å². The number of aromatic hydroxyl groups is 1. The molecule has 0 unspecified atom stereocenters. The van der Waals surface area contributed by atoms with Crippen LogP contribution in [-0.2, 0) is 12.6 Å². The lowest BCUT2D eigenvalue weighted by atomic mass is 10.1. The standard InChI is InChI=1S/C9H4F6N2O2/c10-8(11,12)4-3-17-5(1-2-16)6(18)7(4)19-9(13,14)15/h3,18H,1H2. The third-order valence-electron chi connectivity index (χ3n) is 1.85. The predicted molar refractivity (Wildman–Crippen MR) is 46.9 cm³/mol. The van der Waals surface area contributed by atoms with Crippen LogP contribution in [0.1, 0.15) is 11.3 Å². The summed E-state index contributed by atoms with van der Waals surface area (Å²) in [6.07, 6.45) is -11.2. The zero-order valence-electron chi connectivity index (χ0n) is 8.80. The average molecular weight is 286 g/mol. The second-order valence-electron chi connectivity index (χ2n) is 3.18. The van der Waals surface area contributed by atoms with Crippen LogP contribution in [0.4, 0.5) is 26.3 Å². The Morgan fingerprint density at radius 2 is 1.84 bits per heavy atom. The monoisotopic (exact) mass is 286 g/mol. The Bertz CT molecular complexity index is 517. The number of rotatable bonds is 2. The molecule has 4 nitrogen and oxygen atoms in total. The van der Waals surface area contributed by atoms with Crippen LogP contribution in [0.5, 0.6) is 11.5 Å². The lowest BCUT2D eigenvalue weighted by Gasteiger charge is -2.17. The van der Waals surface area contributed by atoms with Gasteiger partial charge in [-0.25, -0.2) is 0 Å². The van der Waals surface area contributed by atoms with E-state index in [4.69, 9.17) is 5.26 Å². The van der Waals surface area contributed by atoms with Crippen molar-refractivity contribution >= 4 is 0 Å². The fraction of sp³-hybridized carbons (Fsp3) is 0.333. The Kier molecular flexibility index (Phi) is 3.78. The van der Waals surface area contributed by atoms with Gasteiger partial charge in [-0.1, -0.05) is 0 Å². The molecule has 0 aliphatic rings. The first-order chi connectivity index (χ1) is 8.56. The van der Waals surface area contributed by atoms with E-state index in [9.17, 15) is 31.4 Å². The van der Waals surface area contributed by atoms with Crippen molar-refractivity contribution in [3.05, 3.63) is 17.5 Å². The third-order valence-corrected chi connectivity index (χ3v) is 1.85. The summed E-state index contributed by atoms with van der Waals surface area (Å²) in [5, 5.41) is 17.6. The van der Waals surface area contributed by atoms with Gasteiger partial charge in [0, 0.05) is 6.20 Å². The highest BCUT2D eigenvalue weighted by Crippen LogP contribution is 2.44. The van der Waals surface area contributed by atoms with Crippen molar-refractivity contribution in [2.75, 3.05) is 0 Å². The highest BCUT2D eigenvalue weighted by Gasteiger charge is 2.42. The van der Waals surface area contributed by atoms with Crippen LogP contribution in [0.25, 0.3) is 0 Å². The number of aromatic nitrogens is 1. The molecule has 0 radical (unpaired) electrons. The number of hydrogen-bond donors (Lipinski definition) is 1. The maximum absolute atomic E-state index is 12.5. The van der Waals surface area contributed by atoms with Crippen LogP contribution in [0.2, 0.25) is 0 Å². The summed E-state index contributed by atoms with van der Waals surface area (Å²) in [5.74, 6) is -3.28. The number of ether oxygens (including phenoxy) is 1. The fourth-order valence-electron chi connectivity index (χ4n) is 1.15. The lowest BCUT2D eigenvalue weighted by molar-refractivity contribution is -0.276. The van der Waals surface area contributed by atoms with E-state index in [1.54, 1.807) is 0 Å². The molecule has 0 fully saturated rings. The van der Waals surface area contributed by atoms with E-state index < -0.39 is 41.7 Å². The molecule has 19 heavy (non-hydrogen) atoms. The van der Waals surface area contributed by atoms with E-state index in [1.807, 2.05) is 0 Å². The quantitative estimate of drug-likeness (QED) is 0.849. The van der Waals surface area contributed by atoms with Crippen molar-refractivity contribution < 1.29 is 36.2 Å². The molecule has 0 saturated heterocycles. The Hall–Kier alpha value is -2.18. The SMILES string of the molecule is N#CCc1ncc(C(F)(F)F)c(OC(F)(F)F)c1O. The Balaban J connectivity index is 3.43. The van der Waals surface area contributed by atoms with Crippen LogP contribution in [0.3, 0.4) is 0 Å². The minimum atomic E-state index is -5.43. The van der Waals surface area contributed by atoms with Crippen LogP contribution in [-0.4, -0.2) is 16.5 Å². The highest BCUT2D eigenvalue weighted by atomic mass is 19.4. The van der Waals surface area contributed by atoms with E-state index >= 15 is 0 Å². The largest absolute Gasteiger partial charge is 0.573 e. The number of hydrogen-bond acceptors (Lipinski definition) is 4. The Morgan fingerprint density at radius 1 is 1.26 bits per heavy atom. The molecule has 0 aliphatic heterocycles. The molecule has 1 aromatic heterocycles. The molecule has 0 amide bonds. The molecule has 0 spiro atoms. The van der Waals surface area contributed by atoms with Gasteiger partial charge in [0.1, 0.15) is 5.56 Å². The van der Waals surface area contributed by atoms with Gasteiger partial charge in [-0.2, -0.15) is 18.4 Å². The van der Waals surface area contributed by atoms with E-state index in [2.05, 4.69) is 9.72 Å². The first-order valence-electron chi connectivity index (χ1n) is 4.47. The fourth-order valence-corrected chi connectivity index (χ4v) is 1.15. The highest BCUT2D eigenvalue weighted by molar-refractivity contribution is 5.49. The molecule has 10 heteroatoms. The molecule has 0 aromatic carbocycles. The molecule has 0 saturated carbocycles. The van der Waals surface area contributed by atoms with Gasteiger partial charge in [-0.15, -0.1) is 13.2 Å². The molecule has 104 valence electrons. The second kappa shape index (κ2) is 4.83. The first kappa shape index (κ1) is 14.9. The summed E-state index contributed by atoms with van der Waals surface area (Å²) in [4.78, 5) is 3.09. The van der Waals surface area contributed by atoms with Gasteiger partial charge in [0.2, 0.25) is 0 Å². The normalized spacial score (nSPS) is 12.1. The molecule has 0 bridgehead atoms. The molecule has 1 N–H and O–H groups in total. The number of nitriles is 1. The van der Waals surface area contributed by atoms with Crippen LogP contribution in [0, 0.1) is 11.3 Å². The van der Waals surface area contributed by atoms with Gasteiger partial charge in [-0.3, -0.25) is 4.98 Å². The molecular formula is C9H4F6N2O2. The topological polar surface area (TPSA) is 66.1 Å². The van der Waals surface area contributed by atoms with Crippen LogP contribution >= 0.6 is 0 Å². The smallest absolute Gasteiger partial charge is 0.503 e. The van der Waals surface area contributed by atoms with Crippen molar-refractivity contribution in [3.8, 4) is 17.6 Å². The van der Waals surface area contributed by atoms with Gasteiger partial charge >= 0.3 is 12.5 Å². The number of halogens is 6. The summed E-state index contributed by atoms with van der Waals surface area (Å²) in [6.45, 7) is 0. The summed E-state index contributed by atoms with van der Waals surface area (Å²) in [6, 6.07) is 1.43. The average Bonchev–Trinajstić information content (AvgIpc) is 2.20. The molecule has 0 aliphatic carbocycles. The van der Waals surface area contributed by atoms with Gasteiger partial charge in [0.15, 0.2) is 11.5 Å². The van der Waals surface area contributed by atoms with Crippen LogP contribution in [0.15, 0.2) is 6.20 Å². The van der Waals surface area contributed by atoms with Gasteiger partial charge < -0.3 is 9.84 Å². The predicted octanol–water partition coefficient (Wildman–Crippen LogP) is 2.77. The van der Waals surface area contributed by atoms with E-state index in [0.29, 0.717) is 0 Å². The summed E-state index contributed by atoms with van der Waals surface area (Å²) in [7, 11) is 0. The molecule has 1 rings (SSSR count).